The van der Waals surface area contributed by atoms with Crippen LogP contribution in [0.15, 0.2) is 42.5 Å². The van der Waals surface area contributed by atoms with Crippen LogP contribution in [-0.2, 0) is 4.79 Å². The van der Waals surface area contributed by atoms with Gasteiger partial charge in [-0.3, -0.25) is 4.79 Å². The first-order valence-electron chi connectivity index (χ1n) is 6.44. The smallest absolute Gasteiger partial charge is 0.225 e. The highest BCUT2D eigenvalue weighted by molar-refractivity contribution is 5.95. The Hall–Kier alpha value is -2.49. The number of hydrogen-bond acceptors (Lipinski definition) is 3. The van der Waals surface area contributed by atoms with Gasteiger partial charge in [-0.2, -0.15) is 0 Å². The standard InChI is InChI=1S/C16H15NO3/c1-20-12-4-2-3-10(7-12)14-9-16(19)17-15-8-11(18)5-6-13(14)15/h2-8,14,18H,9H2,1H3,(H,17,19)/t14-/m1/s1. The molecule has 4 nitrogen and oxygen atoms in total. The molecule has 1 heterocycles. The molecule has 0 saturated carbocycles. The number of phenols is 1. The van der Waals surface area contributed by atoms with E-state index in [1.165, 1.54) is 0 Å². The molecule has 0 aliphatic carbocycles. The molecular weight excluding hydrogens is 254 g/mol. The van der Waals surface area contributed by atoms with Gasteiger partial charge in [0.25, 0.3) is 0 Å². The molecule has 0 bridgehead atoms. The van der Waals surface area contributed by atoms with Crippen molar-refractivity contribution in [1.29, 1.82) is 0 Å². The van der Waals surface area contributed by atoms with Crippen LogP contribution in [0.4, 0.5) is 5.69 Å². The molecule has 2 N–H and O–H groups in total. The highest BCUT2D eigenvalue weighted by Gasteiger charge is 2.26. The van der Waals surface area contributed by atoms with Gasteiger partial charge in [0, 0.05) is 24.1 Å². The Morgan fingerprint density at radius 3 is 2.90 bits per heavy atom. The Morgan fingerprint density at radius 1 is 1.25 bits per heavy atom. The van der Waals surface area contributed by atoms with E-state index < -0.39 is 0 Å². The van der Waals surface area contributed by atoms with Crippen LogP contribution < -0.4 is 10.1 Å². The molecule has 4 heteroatoms. The predicted molar refractivity (Wildman–Crippen MR) is 76.2 cm³/mol. The maximum absolute atomic E-state index is 11.9. The first-order chi connectivity index (χ1) is 9.67. The van der Waals surface area contributed by atoms with Gasteiger partial charge >= 0.3 is 0 Å². The summed E-state index contributed by atoms with van der Waals surface area (Å²) in [6, 6.07) is 12.8. The molecule has 0 saturated heterocycles. The molecule has 0 radical (unpaired) electrons. The van der Waals surface area contributed by atoms with Gasteiger partial charge in [0.1, 0.15) is 11.5 Å². The first-order valence-corrected chi connectivity index (χ1v) is 6.44. The van der Waals surface area contributed by atoms with E-state index >= 15 is 0 Å². The largest absolute Gasteiger partial charge is 0.508 e. The lowest BCUT2D eigenvalue weighted by atomic mass is 9.84. The monoisotopic (exact) mass is 269 g/mol. The SMILES string of the molecule is COc1cccc([C@H]2CC(=O)Nc3cc(O)ccc32)c1. The van der Waals surface area contributed by atoms with Crippen molar-refractivity contribution in [2.24, 2.45) is 0 Å². The molecule has 1 amide bonds. The fourth-order valence-electron chi connectivity index (χ4n) is 2.61. The third-order valence-corrected chi connectivity index (χ3v) is 3.57. The fraction of sp³-hybridized carbons (Fsp3) is 0.188. The molecule has 1 atom stereocenters. The number of methoxy groups -OCH3 is 1. The van der Waals surface area contributed by atoms with Gasteiger partial charge in [-0.25, -0.2) is 0 Å². The van der Waals surface area contributed by atoms with Crippen molar-refractivity contribution >= 4 is 11.6 Å². The number of hydrogen-bond donors (Lipinski definition) is 2. The Labute approximate surface area is 117 Å². The zero-order valence-corrected chi connectivity index (χ0v) is 11.1. The quantitative estimate of drug-likeness (QED) is 0.881. The van der Waals surface area contributed by atoms with Gasteiger partial charge in [-0.15, -0.1) is 0 Å². The molecule has 0 fully saturated rings. The highest BCUT2D eigenvalue weighted by Crippen LogP contribution is 2.39. The van der Waals surface area contributed by atoms with E-state index in [1.807, 2.05) is 30.3 Å². The van der Waals surface area contributed by atoms with Crippen molar-refractivity contribution in [3.63, 3.8) is 0 Å². The number of fused-ring (bicyclic) bond motifs is 1. The fourth-order valence-corrected chi connectivity index (χ4v) is 2.61. The summed E-state index contributed by atoms with van der Waals surface area (Å²) in [6.07, 6.45) is 0.394. The molecule has 0 unspecified atom stereocenters. The number of carbonyl (C=O) groups is 1. The molecule has 1 aliphatic rings. The number of benzene rings is 2. The van der Waals surface area contributed by atoms with Crippen molar-refractivity contribution in [2.45, 2.75) is 12.3 Å². The lowest BCUT2D eigenvalue weighted by Crippen LogP contribution is -2.23. The van der Waals surface area contributed by atoms with E-state index in [0.717, 1.165) is 16.9 Å². The maximum atomic E-state index is 11.9. The summed E-state index contributed by atoms with van der Waals surface area (Å²) < 4.78 is 5.24. The summed E-state index contributed by atoms with van der Waals surface area (Å²) >= 11 is 0. The van der Waals surface area contributed by atoms with E-state index in [2.05, 4.69) is 5.32 Å². The van der Waals surface area contributed by atoms with Crippen LogP contribution >= 0.6 is 0 Å². The molecule has 2 aromatic carbocycles. The summed E-state index contributed by atoms with van der Waals surface area (Å²) in [7, 11) is 1.62. The number of aromatic hydroxyl groups is 1. The molecule has 1 aliphatic heterocycles. The summed E-state index contributed by atoms with van der Waals surface area (Å²) in [5.74, 6) is 0.856. The van der Waals surface area contributed by atoms with Crippen molar-refractivity contribution in [2.75, 3.05) is 12.4 Å². The summed E-state index contributed by atoms with van der Waals surface area (Å²) in [5, 5.41) is 12.3. The number of nitrogens with one attached hydrogen (secondary N) is 1. The molecule has 20 heavy (non-hydrogen) atoms. The molecule has 0 spiro atoms. The van der Waals surface area contributed by atoms with Crippen molar-refractivity contribution < 1.29 is 14.6 Å². The van der Waals surface area contributed by atoms with Crippen LogP contribution in [0.5, 0.6) is 11.5 Å². The van der Waals surface area contributed by atoms with Gasteiger partial charge in [-0.1, -0.05) is 18.2 Å². The number of amides is 1. The van der Waals surface area contributed by atoms with Gasteiger partial charge in [-0.05, 0) is 29.3 Å². The molecular formula is C16H15NO3. The second-order valence-electron chi connectivity index (χ2n) is 4.85. The van der Waals surface area contributed by atoms with E-state index in [0.29, 0.717) is 12.1 Å². The average Bonchev–Trinajstić information content (AvgIpc) is 2.46. The molecule has 2 aromatic rings. The van der Waals surface area contributed by atoms with Crippen molar-refractivity contribution in [3.05, 3.63) is 53.6 Å². The van der Waals surface area contributed by atoms with Gasteiger partial charge in [0.05, 0.1) is 7.11 Å². The predicted octanol–water partition coefficient (Wildman–Crippen LogP) is 2.87. The minimum absolute atomic E-state index is 0.0190. The van der Waals surface area contributed by atoms with Crippen molar-refractivity contribution in [1.82, 2.24) is 0 Å². The lowest BCUT2D eigenvalue weighted by Gasteiger charge is -2.26. The van der Waals surface area contributed by atoms with Crippen LogP contribution in [0.25, 0.3) is 0 Å². The van der Waals surface area contributed by atoms with Gasteiger partial charge in [0.2, 0.25) is 5.91 Å². The number of carbonyl (C=O) groups excluding carboxylic acids is 1. The summed E-state index contributed by atoms with van der Waals surface area (Å²) in [6.45, 7) is 0. The van der Waals surface area contributed by atoms with Crippen LogP contribution in [-0.4, -0.2) is 18.1 Å². The second-order valence-corrected chi connectivity index (χ2v) is 4.85. The molecule has 102 valence electrons. The Bertz CT molecular complexity index is 667. The highest BCUT2D eigenvalue weighted by atomic mass is 16.5. The third-order valence-electron chi connectivity index (χ3n) is 3.57. The average molecular weight is 269 g/mol. The topological polar surface area (TPSA) is 58.6 Å². The minimum Gasteiger partial charge on any atom is -0.508 e. The van der Waals surface area contributed by atoms with E-state index in [4.69, 9.17) is 4.74 Å². The number of phenolic OH excluding ortho intramolecular Hbond substituents is 1. The number of rotatable bonds is 2. The van der Waals surface area contributed by atoms with Gasteiger partial charge < -0.3 is 15.2 Å². The molecule has 0 aromatic heterocycles. The summed E-state index contributed by atoms with van der Waals surface area (Å²) in [4.78, 5) is 11.9. The lowest BCUT2D eigenvalue weighted by molar-refractivity contribution is -0.116. The Balaban J connectivity index is 2.08. The van der Waals surface area contributed by atoms with Crippen LogP contribution in [0.2, 0.25) is 0 Å². The normalized spacial score (nSPS) is 17.2. The van der Waals surface area contributed by atoms with E-state index in [9.17, 15) is 9.90 Å². The first kappa shape index (κ1) is 12.5. The van der Waals surface area contributed by atoms with Crippen LogP contribution in [0.3, 0.4) is 0 Å². The third kappa shape index (κ3) is 2.20. The van der Waals surface area contributed by atoms with E-state index in [-0.39, 0.29) is 17.6 Å². The van der Waals surface area contributed by atoms with Gasteiger partial charge in [0.15, 0.2) is 0 Å². The molecule has 3 rings (SSSR count). The maximum Gasteiger partial charge on any atom is 0.225 e. The minimum atomic E-state index is -0.0454. The van der Waals surface area contributed by atoms with Crippen LogP contribution in [0.1, 0.15) is 23.5 Å². The Morgan fingerprint density at radius 2 is 2.10 bits per heavy atom. The Kier molecular flexibility index (Phi) is 3.06. The number of ether oxygens (including phenoxy) is 1. The zero-order chi connectivity index (χ0) is 14.1. The van der Waals surface area contributed by atoms with Crippen molar-refractivity contribution in [3.8, 4) is 11.5 Å². The second kappa shape index (κ2) is 4.89. The van der Waals surface area contributed by atoms with E-state index in [1.54, 1.807) is 19.2 Å². The number of anilines is 1. The summed E-state index contributed by atoms with van der Waals surface area (Å²) in [5.41, 5.74) is 2.72. The zero-order valence-electron chi connectivity index (χ0n) is 11.1. The van der Waals surface area contributed by atoms with Crippen LogP contribution in [0, 0.1) is 0 Å².